The van der Waals surface area contributed by atoms with Crippen LogP contribution < -0.4 is 0 Å². The van der Waals surface area contributed by atoms with Crippen LogP contribution in [0.25, 0.3) is 0 Å². The van der Waals surface area contributed by atoms with Crippen LogP contribution in [-0.2, 0) is 4.79 Å². The van der Waals surface area contributed by atoms with Crippen molar-refractivity contribution >= 4 is 5.91 Å². The molecular weight excluding hydrogens is 186 g/mol. The Balaban J connectivity index is 1.93. The van der Waals surface area contributed by atoms with E-state index in [0.717, 1.165) is 13.1 Å². The Morgan fingerprint density at radius 3 is 2.40 bits per heavy atom. The fraction of sp³-hybridized carbons (Fsp3) is 0.923. The summed E-state index contributed by atoms with van der Waals surface area (Å²) in [6.07, 6.45) is 1.19. The number of rotatable bonds is 2. The predicted octanol–water partition coefficient (Wildman–Crippen LogP) is 2.39. The Labute approximate surface area is 93.0 Å². The van der Waals surface area contributed by atoms with Crippen LogP contribution in [0, 0.1) is 29.6 Å². The molecule has 0 aromatic carbocycles. The molecule has 0 spiro atoms. The second-order valence-electron chi connectivity index (χ2n) is 5.88. The van der Waals surface area contributed by atoms with Crippen molar-refractivity contribution < 1.29 is 4.79 Å². The summed E-state index contributed by atoms with van der Waals surface area (Å²) < 4.78 is 0. The van der Waals surface area contributed by atoms with Crippen molar-refractivity contribution in [2.24, 2.45) is 29.6 Å². The minimum absolute atomic E-state index is 0.343. The highest BCUT2D eigenvalue weighted by atomic mass is 16.2. The van der Waals surface area contributed by atoms with Gasteiger partial charge in [0.05, 0.1) is 0 Å². The molecule has 0 bridgehead atoms. The van der Waals surface area contributed by atoms with Crippen molar-refractivity contribution in [3.05, 3.63) is 0 Å². The minimum atomic E-state index is 0.343. The zero-order chi connectivity index (χ0) is 11.2. The van der Waals surface area contributed by atoms with Gasteiger partial charge in [0, 0.05) is 19.0 Å². The van der Waals surface area contributed by atoms with E-state index in [0.29, 0.717) is 35.5 Å². The number of carbonyl (C=O) groups excluding carboxylic acids is 1. The number of hydrogen-bond acceptors (Lipinski definition) is 1. The van der Waals surface area contributed by atoms with Crippen LogP contribution in [0.4, 0.5) is 0 Å². The Kier molecular flexibility index (Phi) is 2.78. The molecule has 4 atom stereocenters. The first kappa shape index (κ1) is 11.0. The van der Waals surface area contributed by atoms with Gasteiger partial charge in [0.1, 0.15) is 0 Å². The van der Waals surface area contributed by atoms with Gasteiger partial charge in [-0.2, -0.15) is 0 Å². The maximum absolute atomic E-state index is 12.2. The molecule has 1 aliphatic heterocycles. The molecule has 1 saturated heterocycles. The minimum Gasteiger partial charge on any atom is -0.342 e. The lowest BCUT2D eigenvalue weighted by Crippen LogP contribution is -2.30. The van der Waals surface area contributed by atoms with Crippen molar-refractivity contribution in [1.82, 2.24) is 4.90 Å². The standard InChI is InChI=1S/C13H23NO/c1-8(2)11-10(4)12(11)13(15)14-6-5-9(3)7-14/h8-12H,5-7H2,1-4H3. The lowest BCUT2D eigenvalue weighted by molar-refractivity contribution is -0.132. The summed E-state index contributed by atoms with van der Waals surface area (Å²) in [5.74, 6) is 3.41. The van der Waals surface area contributed by atoms with E-state index in [2.05, 4.69) is 32.6 Å². The molecule has 1 aliphatic carbocycles. The molecular formula is C13H23NO. The Morgan fingerprint density at radius 2 is 2.00 bits per heavy atom. The molecule has 1 heterocycles. The molecule has 2 fully saturated rings. The number of nitrogens with zero attached hydrogens (tertiary/aromatic N) is 1. The molecule has 0 radical (unpaired) electrons. The summed E-state index contributed by atoms with van der Waals surface area (Å²) in [5.41, 5.74) is 0. The normalized spacial score (nSPS) is 39.9. The van der Waals surface area contributed by atoms with E-state index in [1.807, 2.05) is 0 Å². The van der Waals surface area contributed by atoms with Crippen LogP contribution >= 0.6 is 0 Å². The molecule has 2 nitrogen and oxygen atoms in total. The molecule has 15 heavy (non-hydrogen) atoms. The number of carbonyl (C=O) groups is 1. The van der Waals surface area contributed by atoms with Crippen molar-refractivity contribution in [3.8, 4) is 0 Å². The second kappa shape index (κ2) is 3.80. The predicted molar refractivity (Wildman–Crippen MR) is 61.3 cm³/mol. The third kappa shape index (κ3) is 1.91. The van der Waals surface area contributed by atoms with E-state index in [1.54, 1.807) is 0 Å². The molecule has 4 unspecified atom stereocenters. The third-order valence-corrected chi connectivity index (χ3v) is 4.24. The van der Waals surface area contributed by atoms with E-state index in [-0.39, 0.29) is 0 Å². The first-order chi connectivity index (χ1) is 7.02. The lowest BCUT2D eigenvalue weighted by atomic mass is 10.1. The fourth-order valence-electron chi connectivity index (χ4n) is 3.25. The maximum atomic E-state index is 12.2. The van der Waals surface area contributed by atoms with Crippen molar-refractivity contribution in [3.63, 3.8) is 0 Å². The summed E-state index contributed by atoms with van der Waals surface area (Å²) in [5, 5.41) is 0. The summed E-state index contributed by atoms with van der Waals surface area (Å²) in [6.45, 7) is 10.9. The first-order valence-corrected chi connectivity index (χ1v) is 6.31. The highest BCUT2D eigenvalue weighted by Gasteiger charge is 2.54. The second-order valence-corrected chi connectivity index (χ2v) is 5.88. The van der Waals surface area contributed by atoms with Crippen LogP contribution in [0.2, 0.25) is 0 Å². The third-order valence-electron chi connectivity index (χ3n) is 4.24. The van der Waals surface area contributed by atoms with Crippen LogP contribution in [0.3, 0.4) is 0 Å². The van der Waals surface area contributed by atoms with Gasteiger partial charge in [0.25, 0.3) is 0 Å². The Bertz CT molecular complexity index is 261. The van der Waals surface area contributed by atoms with Gasteiger partial charge < -0.3 is 4.90 Å². The SMILES string of the molecule is CC1CCN(C(=O)C2C(C)C2C(C)C)C1. The molecule has 1 amide bonds. The van der Waals surface area contributed by atoms with Gasteiger partial charge in [-0.3, -0.25) is 4.79 Å². The number of likely N-dealkylation sites (tertiary alicyclic amines) is 1. The van der Waals surface area contributed by atoms with E-state index >= 15 is 0 Å². The lowest BCUT2D eigenvalue weighted by Gasteiger charge is -2.16. The summed E-state index contributed by atoms with van der Waals surface area (Å²) in [6, 6.07) is 0. The molecule has 2 aliphatic rings. The maximum Gasteiger partial charge on any atom is 0.226 e. The smallest absolute Gasteiger partial charge is 0.226 e. The topological polar surface area (TPSA) is 20.3 Å². The number of hydrogen-bond donors (Lipinski definition) is 0. The molecule has 2 rings (SSSR count). The fourth-order valence-corrected chi connectivity index (χ4v) is 3.25. The van der Waals surface area contributed by atoms with Crippen LogP contribution in [-0.4, -0.2) is 23.9 Å². The number of amides is 1. The van der Waals surface area contributed by atoms with Crippen molar-refractivity contribution in [2.45, 2.75) is 34.1 Å². The average molecular weight is 209 g/mol. The monoisotopic (exact) mass is 209 g/mol. The zero-order valence-corrected chi connectivity index (χ0v) is 10.4. The molecule has 0 aromatic rings. The molecule has 86 valence electrons. The zero-order valence-electron chi connectivity index (χ0n) is 10.4. The highest BCUT2D eigenvalue weighted by molar-refractivity contribution is 5.82. The van der Waals surface area contributed by atoms with Gasteiger partial charge in [0.2, 0.25) is 5.91 Å². The Hall–Kier alpha value is -0.530. The van der Waals surface area contributed by atoms with E-state index in [1.165, 1.54) is 6.42 Å². The van der Waals surface area contributed by atoms with E-state index < -0.39 is 0 Å². The van der Waals surface area contributed by atoms with Crippen LogP contribution in [0.1, 0.15) is 34.1 Å². The largest absolute Gasteiger partial charge is 0.342 e. The molecule has 0 aromatic heterocycles. The molecule has 2 heteroatoms. The summed E-state index contributed by atoms with van der Waals surface area (Å²) in [7, 11) is 0. The van der Waals surface area contributed by atoms with Gasteiger partial charge in [-0.25, -0.2) is 0 Å². The molecule has 1 saturated carbocycles. The van der Waals surface area contributed by atoms with Gasteiger partial charge in [-0.1, -0.05) is 27.7 Å². The van der Waals surface area contributed by atoms with E-state index in [4.69, 9.17) is 0 Å². The van der Waals surface area contributed by atoms with Crippen molar-refractivity contribution in [1.29, 1.82) is 0 Å². The first-order valence-electron chi connectivity index (χ1n) is 6.31. The van der Waals surface area contributed by atoms with Crippen LogP contribution in [0.15, 0.2) is 0 Å². The summed E-state index contributed by atoms with van der Waals surface area (Å²) in [4.78, 5) is 14.3. The average Bonchev–Trinajstić information content (AvgIpc) is 2.63. The van der Waals surface area contributed by atoms with Crippen molar-refractivity contribution in [2.75, 3.05) is 13.1 Å². The summed E-state index contributed by atoms with van der Waals surface area (Å²) >= 11 is 0. The molecule has 0 N–H and O–H groups in total. The van der Waals surface area contributed by atoms with Gasteiger partial charge >= 0.3 is 0 Å². The highest BCUT2D eigenvalue weighted by Crippen LogP contribution is 2.51. The Morgan fingerprint density at radius 1 is 1.33 bits per heavy atom. The van der Waals surface area contributed by atoms with Gasteiger partial charge in [0.15, 0.2) is 0 Å². The quantitative estimate of drug-likeness (QED) is 0.684. The van der Waals surface area contributed by atoms with Crippen LogP contribution in [0.5, 0.6) is 0 Å². The van der Waals surface area contributed by atoms with Gasteiger partial charge in [-0.05, 0) is 30.1 Å². The van der Waals surface area contributed by atoms with E-state index in [9.17, 15) is 4.79 Å². The van der Waals surface area contributed by atoms with Gasteiger partial charge in [-0.15, -0.1) is 0 Å².